The molecule has 2 aromatic carbocycles. The second-order valence-corrected chi connectivity index (χ2v) is 8.87. The molecule has 29 heavy (non-hydrogen) atoms. The zero-order chi connectivity index (χ0) is 21.0. The Balaban J connectivity index is 1.79. The van der Waals surface area contributed by atoms with Gasteiger partial charge >= 0.3 is 0 Å². The zero-order valence-corrected chi connectivity index (χ0v) is 17.5. The number of benzene rings is 2. The van der Waals surface area contributed by atoms with Crippen molar-refractivity contribution in [2.75, 3.05) is 17.1 Å². The first-order valence-electron chi connectivity index (χ1n) is 8.29. The van der Waals surface area contributed by atoms with Gasteiger partial charge < -0.3 is 10.6 Å². The molecule has 0 aliphatic rings. The quantitative estimate of drug-likeness (QED) is 0.532. The fraction of sp³-hybridized carbons (Fsp3) is 0.0526. The number of halogens is 1. The van der Waals surface area contributed by atoms with Crippen molar-refractivity contribution in [3.05, 3.63) is 76.1 Å². The van der Waals surface area contributed by atoms with E-state index in [-0.39, 0.29) is 22.1 Å². The molecule has 0 atom stereocenters. The summed E-state index contributed by atoms with van der Waals surface area (Å²) in [5.41, 5.74) is 0.813. The van der Waals surface area contributed by atoms with Gasteiger partial charge in [-0.3, -0.25) is 14.3 Å². The third-order valence-electron chi connectivity index (χ3n) is 3.86. The lowest BCUT2D eigenvalue weighted by Gasteiger charge is -2.10. The van der Waals surface area contributed by atoms with E-state index in [1.54, 1.807) is 23.6 Å². The lowest BCUT2D eigenvalue weighted by Crippen LogP contribution is -2.20. The Morgan fingerprint density at radius 3 is 2.41 bits per heavy atom. The summed E-state index contributed by atoms with van der Waals surface area (Å²) in [7, 11) is -2.33. The monoisotopic (exact) mass is 449 g/mol. The second-order valence-electron chi connectivity index (χ2n) is 5.84. The highest BCUT2D eigenvalue weighted by molar-refractivity contribution is 7.92. The molecular formula is C19H16ClN3O4S2. The molecule has 0 aliphatic heterocycles. The molecule has 150 valence electrons. The molecule has 7 nitrogen and oxygen atoms in total. The minimum Gasteiger partial charge on any atom is -0.355 e. The van der Waals surface area contributed by atoms with Crippen LogP contribution in [0.2, 0.25) is 5.02 Å². The average molecular weight is 450 g/mol. The Hall–Kier alpha value is -2.88. The molecule has 0 unspecified atom stereocenters. The highest BCUT2D eigenvalue weighted by atomic mass is 35.5. The Labute approximate surface area is 176 Å². The smallest absolute Gasteiger partial charge is 0.261 e. The summed E-state index contributed by atoms with van der Waals surface area (Å²) in [5, 5.41) is 7.70. The van der Waals surface area contributed by atoms with Gasteiger partial charge in [0.15, 0.2) is 0 Å². The highest BCUT2D eigenvalue weighted by Crippen LogP contribution is 2.25. The summed E-state index contributed by atoms with van der Waals surface area (Å²) in [6.07, 6.45) is 0. The minimum absolute atomic E-state index is 0.0468. The first-order chi connectivity index (χ1) is 13.8. The van der Waals surface area contributed by atoms with Crippen LogP contribution in [0, 0.1) is 0 Å². The number of nitrogens with one attached hydrogen (secondary N) is 3. The largest absolute Gasteiger partial charge is 0.355 e. The van der Waals surface area contributed by atoms with Gasteiger partial charge in [-0.25, -0.2) is 8.42 Å². The number of carbonyl (C=O) groups excluding carboxylic acids is 2. The van der Waals surface area contributed by atoms with Crippen molar-refractivity contribution in [2.45, 2.75) is 4.90 Å². The van der Waals surface area contributed by atoms with Crippen molar-refractivity contribution in [2.24, 2.45) is 0 Å². The van der Waals surface area contributed by atoms with Gasteiger partial charge in [0.1, 0.15) is 5.00 Å². The highest BCUT2D eigenvalue weighted by Gasteiger charge is 2.17. The maximum Gasteiger partial charge on any atom is 0.261 e. The van der Waals surface area contributed by atoms with Crippen molar-refractivity contribution in [1.29, 1.82) is 0 Å². The molecule has 1 aromatic heterocycles. The van der Waals surface area contributed by atoms with Crippen molar-refractivity contribution < 1.29 is 18.0 Å². The van der Waals surface area contributed by atoms with Crippen LogP contribution >= 0.6 is 22.9 Å². The number of carbonyl (C=O) groups is 2. The van der Waals surface area contributed by atoms with Gasteiger partial charge in [-0.15, -0.1) is 11.3 Å². The number of amides is 2. The van der Waals surface area contributed by atoms with Gasteiger partial charge in [0.05, 0.1) is 10.5 Å². The van der Waals surface area contributed by atoms with E-state index in [0.717, 1.165) is 0 Å². The van der Waals surface area contributed by atoms with E-state index in [0.29, 0.717) is 15.6 Å². The summed E-state index contributed by atoms with van der Waals surface area (Å²) < 4.78 is 27.4. The van der Waals surface area contributed by atoms with Crippen LogP contribution in [-0.4, -0.2) is 27.3 Å². The van der Waals surface area contributed by atoms with E-state index in [1.165, 1.54) is 54.8 Å². The van der Waals surface area contributed by atoms with E-state index >= 15 is 0 Å². The molecule has 0 radical (unpaired) electrons. The van der Waals surface area contributed by atoms with Gasteiger partial charge in [-0.05, 0) is 53.9 Å². The number of sulfonamides is 1. The normalized spacial score (nSPS) is 11.0. The van der Waals surface area contributed by atoms with Crippen LogP contribution in [-0.2, 0) is 10.0 Å². The van der Waals surface area contributed by atoms with Gasteiger partial charge in [-0.1, -0.05) is 17.7 Å². The lowest BCUT2D eigenvalue weighted by atomic mass is 10.2. The molecule has 2 amide bonds. The van der Waals surface area contributed by atoms with E-state index in [4.69, 9.17) is 11.6 Å². The van der Waals surface area contributed by atoms with Crippen LogP contribution in [0.5, 0.6) is 0 Å². The second kappa shape index (κ2) is 8.64. The lowest BCUT2D eigenvalue weighted by molar-refractivity contribution is 0.0964. The fourth-order valence-corrected chi connectivity index (χ4v) is 4.40. The minimum atomic E-state index is -3.84. The molecule has 10 heteroatoms. The van der Waals surface area contributed by atoms with Crippen LogP contribution in [0.25, 0.3) is 0 Å². The Morgan fingerprint density at radius 1 is 1.00 bits per heavy atom. The van der Waals surface area contributed by atoms with Crippen LogP contribution in [0.4, 0.5) is 10.7 Å². The molecule has 0 saturated carbocycles. The van der Waals surface area contributed by atoms with Crippen molar-refractivity contribution in [1.82, 2.24) is 5.32 Å². The van der Waals surface area contributed by atoms with E-state index in [2.05, 4.69) is 15.4 Å². The van der Waals surface area contributed by atoms with Crippen molar-refractivity contribution in [3.63, 3.8) is 0 Å². The number of thiophene rings is 1. The maximum absolute atomic E-state index is 12.6. The Bertz CT molecular complexity index is 1160. The molecule has 1 heterocycles. The number of hydrogen-bond donors (Lipinski definition) is 3. The average Bonchev–Trinajstić information content (AvgIpc) is 3.15. The SMILES string of the molecule is CNC(=O)c1ccsc1NC(=O)c1cccc(NS(=O)(=O)c2ccc(Cl)cc2)c1. The predicted octanol–water partition coefficient (Wildman–Crippen LogP) is 3.81. The van der Waals surface area contributed by atoms with E-state index < -0.39 is 15.9 Å². The first-order valence-corrected chi connectivity index (χ1v) is 11.0. The van der Waals surface area contributed by atoms with Gasteiger partial charge in [0.2, 0.25) is 0 Å². The zero-order valence-electron chi connectivity index (χ0n) is 15.1. The van der Waals surface area contributed by atoms with Crippen LogP contribution < -0.4 is 15.4 Å². The molecule has 0 aliphatic carbocycles. The van der Waals surface area contributed by atoms with Crippen LogP contribution in [0.1, 0.15) is 20.7 Å². The summed E-state index contributed by atoms with van der Waals surface area (Å²) in [5.74, 6) is -0.781. The number of rotatable bonds is 6. The third kappa shape index (κ3) is 4.94. The first kappa shape index (κ1) is 20.8. The van der Waals surface area contributed by atoms with Crippen molar-refractivity contribution >= 4 is 55.5 Å². The standard InChI is InChI=1S/C19H16ClN3O4S2/c1-21-18(25)16-9-10-28-19(16)22-17(24)12-3-2-4-14(11-12)23-29(26,27)15-7-5-13(20)6-8-15/h2-11,23H,1H3,(H,21,25)(H,22,24). The van der Waals surface area contributed by atoms with E-state index in [1.807, 2.05) is 0 Å². The maximum atomic E-state index is 12.6. The van der Waals surface area contributed by atoms with Crippen LogP contribution in [0.3, 0.4) is 0 Å². The van der Waals surface area contributed by atoms with Crippen LogP contribution in [0.15, 0.2) is 64.9 Å². The number of hydrogen-bond acceptors (Lipinski definition) is 5. The van der Waals surface area contributed by atoms with Gasteiger partial charge in [0, 0.05) is 23.3 Å². The van der Waals surface area contributed by atoms with E-state index in [9.17, 15) is 18.0 Å². The predicted molar refractivity (Wildman–Crippen MR) is 114 cm³/mol. The Kier molecular flexibility index (Phi) is 6.21. The fourth-order valence-electron chi connectivity index (χ4n) is 2.45. The third-order valence-corrected chi connectivity index (χ3v) is 6.34. The molecule has 3 aromatic rings. The van der Waals surface area contributed by atoms with Crippen molar-refractivity contribution in [3.8, 4) is 0 Å². The molecule has 0 fully saturated rings. The summed E-state index contributed by atoms with van der Waals surface area (Å²) in [6, 6.07) is 13.4. The summed E-state index contributed by atoms with van der Waals surface area (Å²) >= 11 is 7.01. The molecule has 0 bridgehead atoms. The molecule has 0 spiro atoms. The summed E-state index contributed by atoms with van der Waals surface area (Å²) in [4.78, 5) is 24.5. The molecular weight excluding hydrogens is 434 g/mol. The summed E-state index contributed by atoms with van der Waals surface area (Å²) in [6.45, 7) is 0. The molecule has 3 rings (SSSR count). The van der Waals surface area contributed by atoms with Gasteiger partial charge in [-0.2, -0.15) is 0 Å². The Morgan fingerprint density at radius 2 is 1.72 bits per heavy atom. The molecule has 0 saturated heterocycles. The molecule has 3 N–H and O–H groups in total. The topological polar surface area (TPSA) is 104 Å². The van der Waals surface area contributed by atoms with Gasteiger partial charge in [0.25, 0.3) is 21.8 Å². The number of anilines is 2.